The second-order valence-electron chi connectivity index (χ2n) is 6.40. The smallest absolute Gasteiger partial charge is 0.00644 e. The van der Waals surface area contributed by atoms with Crippen molar-refractivity contribution >= 4 is 0 Å². The summed E-state index contributed by atoms with van der Waals surface area (Å²) in [6.45, 7) is 18.6. The standard InChI is InChI=1S/C9H19N.C7H15N.2C2H6/c1-8(2)6-9-4-3-5-10-7-9;1-2-7-5-3-4-6-8-7;2*1-2/h8-10H,3-7H2,1-2H3;7-8H,2-6H2,1H3;2*1-2H3. The van der Waals surface area contributed by atoms with Crippen LogP contribution in [0.1, 0.15) is 93.4 Å². The van der Waals surface area contributed by atoms with Crippen LogP contribution < -0.4 is 10.6 Å². The summed E-state index contributed by atoms with van der Waals surface area (Å²) < 4.78 is 0. The number of nitrogens with one attached hydrogen (secondary N) is 2. The predicted octanol–water partition coefficient (Wildman–Crippen LogP) is 5.62. The Hall–Kier alpha value is -0.0800. The maximum atomic E-state index is 3.47. The van der Waals surface area contributed by atoms with Crippen LogP contribution >= 0.6 is 0 Å². The zero-order valence-electron chi connectivity index (χ0n) is 16.8. The first-order valence-corrected chi connectivity index (χ1v) is 10.2. The molecular weight excluding hydrogens is 268 g/mol. The first-order chi connectivity index (χ1) is 10.7. The van der Waals surface area contributed by atoms with Crippen molar-refractivity contribution in [1.29, 1.82) is 0 Å². The summed E-state index contributed by atoms with van der Waals surface area (Å²) in [5.41, 5.74) is 0. The first kappa shape index (κ1) is 24.2. The van der Waals surface area contributed by atoms with Gasteiger partial charge in [-0.2, -0.15) is 0 Å². The van der Waals surface area contributed by atoms with Crippen LogP contribution in [0.3, 0.4) is 0 Å². The summed E-state index contributed by atoms with van der Waals surface area (Å²) in [5.74, 6) is 1.85. The third kappa shape index (κ3) is 14.8. The van der Waals surface area contributed by atoms with Crippen LogP contribution in [0.15, 0.2) is 0 Å². The van der Waals surface area contributed by atoms with Crippen LogP contribution in [-0.2, 0) is 0 Å². The second kappa shape index (κ2) is 19.0. The van der Waals surface area contributed by atoms with Gasteiger partial charge in [0.1, 0.15) is 0 Å². The molecule has 2 atom stereocenters. The van der Waals surface area contributed by atoms with E-state index in [9.17, 15) is 0 Å². The van der Waals surface area contributed by atoms with E-state index in [2.05, 4.69) is 31.4 Å². The minimum absolute atomic E-state index is 0.837. The summed E-state index contributed by atoms with van der Waals surface area (Å²) in [6.07, 6.45) is 9.77. The maximum absolute atomic E-state index is 3.47. The fraction of sp³-hybridized carbons (Fsp3) is 1.00. The largest absolute Gasteiger partial charge is 0.316 e. The number of hydrogen-bond donors (Lipinski definition) is 2. The normalized spacial score (nSPS) is 24.0. The highest BCUT2D eigenvalue weighted by Gasteiger charge is 2.13. The number of rotatable bonds is 3. The monoisotopic (exact) mass is 314 g/mol. The molecule has 0 spiro atoms. The average Bonchev–Trinajstić information content (AvgIpc) is 2.60. The zero-order chi connectivity index (χ0) is 17.2. The van der Waals surface area contributed by atoms with Gasteiger partial charge >= 0.3 is 0 Å². The fourth-order valence-corrected chi connectivity index (χ4v) is 3.06. The molecule has 2 saturated heterocycles. The van der Waals surface area contributed by atoms with Gasteiger partial charge in [-0.05, 0) is 70.0 Å². The van der Waals surface area contributed by atoms with E-state index in [1.807, 2.05) is 27.7 Å². The van der Waals surface area contributed by atoms with Crippen LogP contribution in [0.25, 0.3) is 0 Å². The van der Waals surface area contributed by atoms with Crippen molar-refractivity contribution in [3.8, 4) is 0 Å². The number of piperidine rings is 2. The molecule has 0 saturated carbocycles. The molecule has 2 nitrogen and oxygen atoms in total. The van der Waals surface area contributed by atoms with Crippen molar-refractivity contribution in [1.82, 2.24) is 10.6 Å². The van der Waals surface area contributed by atoms with Crippen LogP contribution in [0.5, 0.6) is 0 Å². The van der Waals surface area contributed by atoms with E-state index in [0.717, 1.165) is 17.9 Å². The molecule has 0 aromatic carbocycles. The highest BCUT2D eigenvalue weighted by Crippen LogP contribution is 2.18. The molecule has 0 amide bonds. The van der Waals surface area contributed by atoms with Gasteiger partial charge in [-0.25, -0.2) is 0 Å². The Balaban J connectivity index is 0. The zero-order valence-corrected chi connectivity index (χ0v) is 16.8. The van der Waals surface area contributed by atoms with Gasteiger partial charge in [0.2, 0.25) is 0 Å². The van der Waals surface area contributed by atoms with Gasteiger partial charge in [-0.1, -0.05) is 54.9 Å². The molecule has 0 aromatic rings. The SMILES string of the molecule is CC.CC.CC(C)CC1CCCNC1.CCC1CCCCN1. The molecule has 2 rings (SSSR count). The van der Waals surface area contributed by atoms with E-state index in [0.29, 0.717) is 0 Å². The lowest BCUT2D eigenvalue weighted by Crippen LogP contribution is -2.32. The van der Waals surface area contributed by atoms with Crippen molar-refractivity contribution in [2.75, 3.05) is 19.6 Å². The molecule has 2 N–H and O–H groups in total. The Kier molecular flexibility index (Phi) is 20.8. The van der Waals surface area contributed by atoms with Gasteiger partial charge in [-0.3, -0.25) is 0 Å². The van der Waals surface area contributed by atoms with Gasteiger partial charge in [0.15, 0.2) is 0 Å². The minimum Gasteiger partial charge on any atom is -0.316 e. The quantitative estimate of drug-likeness (QED) is 0.706. The van der Waals surface area contributed by atoms with E-state index in [4.69, 9.17) is 0 Å². The van der Waals surface area contributed by atoms with Crippen LogP contribution in [-0.4, -0.2) is 25.7 Å². The Bertz CT molecular complexity index is 180. The Morgan fingerprint density at radius 1 is 0.909 bits per heavy atom. The first-order valence-electron chi connectivity index (χ1n) is 10.2. The van der Waals surface area contributed by atoms with Crippen molar-refractivity contribution in [2.24, 2.45) is 11.8 Å². The lowest BCUT2D eigenvalue weighted by Gasteiger charge is -2.23. The Morgan fingerprint density at radius 2 is 1.59 bits per heavy atom. The van der Waals surface area contributed by atoms with Crippen molar-refractivity contribution in [3.05, 3.63) is 0 Å². The third-order valence-corrected chi connectivity index (χ3v) is 4.11. The van der Waals surface area contributed by atoms with E-state index in [-0.39, 0.29) is 0 Å². The molecule has 0 radical (unpaired) electrons. The minimum atomic E-state index is 0.837. The molecule has 0 bridgehead atoms. The molecule has 2 aliphatic rings. The summed E-state index contributed by atoms with van der Waals surface area (Å²) in [6, 6.07) is 0.837. The third-order valence-electron chi connectivity index (χ3n) is 4.11. The molecule has 0 aliphatic carbocycles. The van der Waals surface area contributed by atoms with Crippen molar-refractivity contribution in [3.63, 3.8) is 0 Å². The average molecular weight is 315 g/mol. The topological polar surface area (TPSA) is 24.1 Å². The molecule has 22 heavy (non-hydrogen) atoms. The lowest BCUT2D eigenvalue weighted by atomic mass is 9.91. The van der Waals surface area contributed by atoms with Crippen LogP contribution in [0, 0.1) is 11.8 Å². The summed E-state index contributed by atoms with van der Waals surface area (Å²) in [5, 5.41) is 6.91. The fourth-order valence-electron chi connectivity index (χ4n) is 3.06. The predicted molar refractivity (Wildman–Crippen MR) is 104 cm³/mol. The van der Waals surface area contributed by atoms with Crippen molar-refractivity contribution in [2.45, 2.75) is 99.5 Å². The van der Waals surface area contributed by atoms with E-state index in [1.54, 1.807) is 0 Å². The molecule has 2 heteroatoms. The Labute approximate surface area is 142 Å². The maximum Gasteiger partial charge on any atom is 0.00644 e. The van der Waals surface area contributed by atoms with Gasteiger partial charge in [0.05, 0.1) is 0 Å². The van der Waals surface area contributed by atoms with Gasteiger partial charge in [0.25, 0.3) is 0 Å². The van der Waals surface area contributed by atoms with Crippen molar-refractivity contribution < 1.29 is 0 Å². The second-order valence-corrected chi connectivity index (χ2v) is 6.40. The van der Waals surface area contributed by atoms with Crippen LogP contribution in [0.4, 0.5) is 0 Å². The summed E-state index contributed by atoms with van der Waals surface area (Å²) >= 11 is 0. The summed E-state index contributed by atoms with van der Waals surface area (Å²) in [7, 11) is 0. The molecule has 2 aliphatic heterocycles. The highest BCUT2D eigenvalue weighted by molar-refractivity contribution is 4.70. The molecule has 136 valence electrons. The van der Waals surface area contributed by atoms with Crippen LogP contribution in [0.2, 0.25) is 0 Å². The van der Waals surface area contributed by atoms with Gasteiger partial charge in [-0.15, -0.1) is 0 Å². The van der Waals surface area contributed by atoms with Gasteiger partial charge in [0, 0.05) is 6.04 Å². The lowest BCUT2D eigenvalue weighted by molar-refractivity contribution is 0.322. The van der Waals surface area contributed by atoms with E-state index < -0.39 is 0 Å². The van der Waals surface area contributed by atoms with E-state index >= 15 is 0 Å². The highest BCUT2D eigenvalue weighted by atomic mass is 14.9. The number of hydrogen-bond acceptors (Lipinski definition) is 2. The molecular formula is C20H46N2. The molecule has 2 fully saturated rings. The Morgan fingerprint density at radius 3 is 1.95 bits per heavy atom. The summed E-state index contributed by atoms with van der Waals surface area (Å²) in [4.78, 5) is 0. The van der Waals surface area contributed by atoms with E-state index in [1.165, 1.54) is 64.6 Å². The molecule has 2 heterocycles. The molecule has 0 aromatic heterocycles. The molecule has 2 unspecified atom stereocenters. The van der Waals surface area contributed by atoms with Gasteiger partial charge < -0.3 is 10.6 Å².